The molecule has 6 heterocycles. The molecule has 1 aromatic carbocycles. The lowest BCUT2D eigenvalue weighted by molar-refractivity contribution is -0.156. The summed E-state index contributed by atoms with van der Waals surface area (Å²) in [6.07, 6.45) is 5.39. The van der Waals surface area contributed by atoms with Crippen molar-refractivity contribution in [1.82, 2.24) is 35.3 Å². The molecule has 2 aliphatic heterocycles. The minimum atomic E-state index is -1.09. The Morgan fingerprint density at radius 3 is 2.69 bits per heavy atom. The number of thiazole rings is 1. The number of cyclic esters (lactones) is 1. The highest BCUT2D eigenvalue weighted by atomic mass is 32.1. The van der Waals surface area contributed by atoms with Crippen LogP contribution in [0.4, 0.5) is 0 Å². The number of rotatable bonds is 9. The van der Waals surface area contributed by atoms with Crippen molar-refractivity contribution in [3.63, 3.8) is 0 Å². The molecule has 15 heteroatoms. The van der Waals surface area contributed by atoms with E-state index in [-0.39, 0.29) is 43.0 Å². The van der Waals surface area contributed by atoms with E-state index in [4.69, 9.17) is 28.6 Å². The smallest absolute Gasteiger partial charge is 0.324 e. The Morgan fingerprint density at radius 1 is 1.15 bits per heavy atom. The lowest BCUT2D eigenvalue weighted by Gasteiger charge is -2.37. The van der Waals surface area contributed by atoms with E-state index in [9.17, 15) is 14.4 Å². The first-order valence-corrected chi connectivity index (χ1v) is 21.4. The maximum absolute atomic E-state index is 14.6. The summed E-state index contributed by atoms with van der Waals surface area (Å²) in [7, 11) is 1.67. The molecule has 6 bridgehead atoms. The van der Waals surface area contributed by atoms with Gasteiger partial charge in [0, 0.05) is 65.2 Å². The van der Waals surface area contributed by atoms with Crippen LogP contribution in [0.25, 0.3) is 33.4 Å². The Morgan fingerprint density at radius 2 is 1.97 bits per heavy atom. The molecule has 3 aliphatic rings. The molecule has 1 unspecified atom stereocenters. The molecular formula is C44H53N7O7S. The highest BCUT2D eigenvalue weighted by Gasteiger charge is 2.50. The average Bonchev–Trinajstić information content (AvgIpc) is 3.73. The van der Waals surface area contributed by atoms with Crippen LogP contribution in [0, 0.1) is 23.2 Å². The molecule has 0 spiro atoms. The van der Waals surface area contributed by atoms with Crippen LogP contribution in [0.1, 0.15) is 88.7 Å². The number of nitrogens with one attached hydrogen (secondary N) is 2. The second-order valence-electron chi connectivity index (χ2n) is 16.8. The van der Waals surface area contributed by atoms with Gasteiger partial charge in [-0.15, -0.1) is 11.3 Å². The van der Waals surface area contributed by atoms with Crippen molar-refractivity contribution < 1.29 is 33.0 Å². The van der Waals surface area contributed by atoms with Gasteiger partial charge in [0.25, 0.3) is 5.91 Å². The van der Waals surface area contributed by atoms with Gasteiger partial charge in [0.1, 0.15) is 29.5 Å². The third-order valence-electron chi connectivity index (χ3n) is 12.2. The van der Waals surface area contributed by atoms with Crippen molar-refractivity contribution in [3.8, 4) is 22.5 Å². The number of hydrogen-bond donors (Lipinski definition) is 2. The van der Waals surface area contributed by atoms with E-state index in [1.165, 1.54) is 16.3 Å². The Labute approximate surface area is 348 Å². The standard InChI is InChI=1S/C44H53N7O7S/c1-8-56-39-37(48-40(52)35-24(2)25(35)3)42(53)51-17-10-12-31(49-51)43(54)58-23-44(5,6)20-30-29-19-27(32-22-59-41(39)47-32)13-14-33(29)50(21-34-45-16-18-57-34)38(30)28-11-9-15-46-36(28)26(4)55-7/h9,11,13-16,18-19,22,24-26,31,35,37,39,49H,8,10,12,17,20-21,23H2,1-7H3,(H,48,52)/t24-,25+,26-,31-,35?,37-,39-/m0/s1. The van der Waals surface area contributed by atoms with Gasteiger partial charge in [0.05, 0.1) is 42.5 Å². The van der Waals surface area contributed by atoms with Gasteiger partial charge in [-0.1, -0.05) is 33.8 Å². The molecule has 8 rings (SSSR count). The minimum Gasteiger partial charge on any atom is -0.464 e. The van der Waals surface area contributed by atoms with E-state index in [1.54, 1.807) is 25.8 Å². The predicted molar refractivity (Wildman–Crippen MR) is 222 cm³/mol. The van der Waals surface area contributed by atoms with E-state index in [2.05, 4.69) is 52.3 Å². The molecule has 2 N–H and O–H groups in total. The van der Waals surface area contributed by atoms with E-state index < -0.39 is 35.5 Å². The number of fused-ring (bicyclic) bond motifs is 6. The largest absolute Gasteiger partial charge is 0.464 e. The molecule has 1 aliphatic carbocycles. The summed E-state index contributed by atoms with van der Waals surface area (Å²) < 4.78 is 26.3. The van der Waals surface area contributed by atoms with E-state index >= 15 is 0 Å². The highest BCUT2D eigenvalue weighted by molar-refractivity contribution is 7.10. The fourth-order valence-electron chi connectivity index (χ4n) is 8.63. The van der Waals surface area contributed by atoms with Crippen LogP contribution < -0.4 is 10.7 Å². The lowest BCUT2D eigenvalue weighted by atomic mass is 9.84. The number of methoxy groups -OCH3 is 1. The molecular weight excluding hydrogens is 771 g/mol. The van der Waals surface area contributed by atoms with Crippen LogP contribution in [-0.4, -0.2) is 81.3 Å². The number of aromatic nitrogens is 4. The van der Waals surface area contributed by atoms with Gasteiger partial charge in [0.2, 0.25) is 11.8 Å². The normalized spacial score (nSPS) is 25.0. The second-order valence-corrected chi connectivity index (χ2v) is 17.7. The summed E-state index contributed by atoms with van der Waals surface area (Å²) in [5, 5.41) is 8.04. The third kappa shape index (κ3) is 8.05. The number of esters is 1. The molecule has 2 amide bonds. The zero-order valence-corrected chi connectivity index (χ0v) is 35.5. The summed E-state index contributed by atoms with van der Waals surface area (Å²) in [6.45, 7) is 13.2. The van der Waals surface area contributed by atoms with Crippen LogP contribution in [-0.2, 0) is 41.6 Å². The average molecular weight is 824 g/mol. The van der Waals surface area contributed by atoms with Crippen molar-refractivity contribution >= 4 is 40.0 Å². The lowest BCUT2D eigenvalue weighted by Crippen LogP contribution is -2.61. The number of nitrogens with zero attached hydrogens (tertiary/aromatic N) is 5. The van der Waals surface area contributed by atoms with E-state index in [0.717, 1.165) is 39.0 Å². The number of pyridine rings is 1. The summed E-state index contributed by atoms with van der Waals surface area (Å²) in [4.78, 5) is 56.6. The molecule has 2 fully saturated rings. The Kier molecular flexibility index (Phi) is 11.5. The molecule has 0 radical (unpaired) electrons. The third-order valence-corrected chi connectivity index (χ3v) is 13.1. The number of hydrazine groups is 1. The first kappa shape index (κ1) is 40.8. The summed E-state index contributed by atoms with van der Waals surface area (Å²) in [5.41, 5.74) is 8.81. The molecule has 4 aromatic heterocycles. The monoisotopic (exact) mass is 823 g/mol. The number of amides is 2. The van der Waals surface area contributed by atoms with Gasteiger partial charge >= 0.3 is 5.97 Å². The first-order valence-electron chi connectivity index (χ1n) is 20.5. The predicted octanol–water partition coefficient (Wildman–Crippen LogP) is 6.66. The van der Waals surface area contributed by atoms with Gasteiger partial charge in [-0.05, 0) is 74.8 Å². The maximum atomic E-state index is 14.6. The molecule has 7 atom stereocenters. The molecule has 59 heavy (non-hydrogen) atoms. The van der Waals surface area contributed by atoms with Crippen LogP contribution in [0.15, 0.2) is 58.8 Å². The van der Waals surface area contributed by atoms with Crippen molar-refractivity contribution in [2.24, 2.45) is 23.2 Å². The van der Waals surface area contributed by atoms with Crippen LogP contribution in [0.2, 0.25) is 0 Å². The molecule has 14 nitrogen and oxygen atoms in total. The molecule has 312 valence electrons. The van der Waals surface area contributed by atoms with Gasteiger partial charge in [-0.2, -0.15) is 0 Å². The number of carbonyl (C=O) groups is 3. The fourth-order valence-corrected chi connectivity index (χ4v) is 9.54. The van der Waals surface area contributed by atoms with Crippen molar-refractivity contribution in [2.75, 3.05) is 26.9 Å². The van der Waals surface area contributed by atoms with Crippen LogP contribution in [0.5, 0.6) is 0 Å². The topological polar surface area (TPSA) is 163 Å². The van der Waals surface area contributed by atoms with Crippen molar-refractivity contribution in [1.29, 1.82) is 0 Å². The van der Waals surface area contributed by atoms with E-state index in [0.29, 0.717) is 48.9 Å². The van der Waals surface area contributed by atoms with Gasteiger partial charge in [-0.3, -0.25) is 24.4 Å². The second kappa shape index (κ2) is 16.6. The summed E-state index contributed by atoms with van der Waals surface area (Å²) in [6, 6.07) is 8.43. The van der Waals surface area contributed by atoms with Crippen molar-refractivity contribution in [3.05, 3.63) is 76.5 Å². The Hall–Kier alpha value is -4.96. The Bertz CT molecular complexity index is 2330. The molecule has 1 saturated carbocycles. The van der Waals surface area contributed by atoms with Gasteiger partial charge in [-0.25, -0.2) is 15.4 Å². The maximum Gasteiger partial charge on any atom is 0.324 e. The van der Waals surface area contributed by atoms with E-state index in [1.807, 2.05) is 45.2 Å². The van der Waals surface area contributed by atoms with Crippen LogP contribution >= 0.6 is 11.3 Å². The number of hydrogen-bond acceptors (Lipinski definition) is 12. The zero-order chi connectivity index (χ0) is 41.6. The Balaban J connectivity index is 1.31. The zero-order valence-electron chi connectivity index (χ0n) is 34.7. The van der Waals surface area contributed by atoms with Gasteiger partial charge < -0.3 is 28.5 Å². The summed E-state index contributed by atoms with van der Waals surface area (Å²) >= 11 is 1.39. The SMILES string of the molecule is CCO[C@@H]1c2nc(cs2)-c2ccc3c(c2)c(c(-c2cccnc2[C@H](C)OC)n3Cc2ncco2)CC(C)(C)COC(=O)[C@@H]2CCCN(N2)C(=O)[C@H]1NC(=O)C1[C@@H](C)[C@H]1C. The minimum absolute atomic E-state index is 0.121. The fraction of sp³-hybridized carbons (Fsp3) is 0.500. The first-order chi connectivity index (χ1) is 28.4. The number of carbonyl (C=O) groups excluding carboxylic acids is 3. The number of ether oxygens (including phenoxy) is 3. The summed E-state index contributed by atoms with van der Waals surface area (Å²) in [5.74, 6) is -0.273. The molecule has 5 aromatic rings. The van der Waals surface area contributed by atoms with Crippen molar-refractivity contribution in [2.45, 2.75) is 91.6 Å². The highest BCUT2D eigenvalue weighted by Crippen LogP contribution is 2.46. The van der Waals surface area contributed by atoms with Crippen LogP contribution in [0.3, 0.4) is 0 Å². The number of oxazole rings is 1. The number of benzene rings is 1. The molecule has 1 saturated heterocycles. The quantitative estimate of drug-likeness (QED) is 0.153. The van der Waals surface area contributed by atoms with Gasteiger partial charge in [0.15, 0.2) is 0 Å².